The predicted octanol–water partition coefficient (Wildman–Crippen LogP) is -2.93. The summed E-state index contributed by atoms with van der Waals surface area (Å²) in [6.45, 7) is 2.40. The molecule has 3 N–H and O–H groups in total. The maximum atomic E-state index is 8.07. The summed E-state index contributed by atoms with van der Waals surface area (Å²) in [5.41, 5.74) is 0. The molecule has 0 unspecified atom stereocenters. The third-order valence-corrected chi connectivity index (χ3v) is 0.512. The van der Waals surface area contributed by atoms with Gasteiger partial charge < -0.3 is 12.0 Å². The maximum absolute atomic E-state index is 8.07. The third kappa shape index (κ3) is 19.6. The van der Waals surface area contributed by atoms with E-state index in [4.69, 9.17) is 5.11 Å². The van der Waals surface area contributed by atoms with Gasteiger partial charge in [-0.2, -0.15) is 0 Å². The fourth-order valence-electron chi connectivity index (χ4n) is 0.158. The molecular weight excluding hydrogens is 103 g/mol. The average Bonchev–Trinajstić information content (AvgIpc) is 1.41. The van der Waals surface area contributed by atoms with Gasteiger partial charge in [-0.05, 0) is 6.42 Å². The van der Waals surface area contributed by atoms with Crippen molar-refractivity contribution in [1.29, 1.82) is 0 Å². The van der Waals surface area contributed by atoms with E-state index in [1.807, 2.05) is 0 Å². The van der Waals surface area contributed by atoms with Crippen LogP contribution in [0.5, 0.6) is 0 Å². The van der Waals surface area contributed by atoms with Gasteiger partial charge in [-0.1, -0.05) is 13.3 Å². The molecule has 0 aliphatic rings. The standard InChI is InChI=1S/C4H10O.Na.H2O.H/c1-2-3-4-5;;;/h5H,2-4H2,1H3;;1H2;/q;+1;;-1. The van der Waals surface area contributed by atoms with E-state index in [-0.39, 0.29) is 36.5 Å². The molecule has 0 heterocycles. The van der Waals surface area contributed by atoms with Crippen LogP contribution in [0.1, 0.15) is 21.2 Å². The predicted molar refractivity (Wildman–Crippen MR) is 26.7 cm³/mol. The van der Waals surface area contributed by atoms with Crippen molar-refractivity contribution in [2.24, 2.45) is 0 Å². The van der Waals surface area contributed by atoms with Crippen molar-refractivity contribution in [1.82, 2.24) is 0 Å². The summed E-state index contributed by atoms with van der Waals surface area (Å²) < 4.78 is 0. The summed E-state index contributed by atoms with van der Waals surface area (Å²) in [7, 11) is 0. The van der Waals surface area contributed by atoms with Crippen molar-refractivity contribution in [3.63, 3.8) is 0 Å². The summed E-state index contributed by atoms with van der Waals surface area (Å²) in [6.07, 6.45) is 2.04. The number of hydrogen-bond donors (Lipinski definition) is 1. The van der Waals surface area contributed by atoms with Crippen LogP contribution in [-0.2, 0) is 0 Å². The van der Waals surface area contributed by atoms with E-state index in [1.54, 1.807) is 0 Å². The average molecular weight is 116 g/mol. The molecule has 0 amide bonds. The first-order valence-electron chi connectivity index (χ1n) is 2.02. The van der Waals surface area contributed by atoms with Crippen LogP contribution in [0.3, 0.4) is 0 Å². The van der Waals surface area contributed by atoms with Crippen LogP contribution in [0.4, 0.5) is 0 Å². The Morgan fingerprint density at radius 1 is 1.57 bits per heavy atom. The topological polar surface area (TPSA) is 51.7 Å². The van der Waals surface area contributed by atoms with E-state index >= 15 is 0 Å². The van der Waals surface area contributed by atoms with Crippen LogP contribution in [-0.4, -0.2) is 17.2 Å². The van der Waals surface area contributed by atoms with Crippen molar-refractivity contribution in [2.75, 3.05) is 6.61 Å². The molecule has 0 aromatic rings. The molecule has 7 heavy (non-hydrogen) atoms. The molecule has 0 aromatic heterocycles. The zero-order valence-electron chi connectivity index (χ0n) is 6.07. The van der Waals surface area contributed by atoms with Gasteiger partial charge in [0.2, 0.25) is 0 Å². The van der Waals surface area contributed by atoms with Gasteiger partial charge in [-0.25, -0.2) is 0 Å². The van der Waals surface area contributed by atoms with E-state index < -0.39 is 0 Å². The molecule has 0 bridgehead atoms. The number of hydrogen-bond acceptors (Lipinski definition) is 1. The Hall–Kier alpha value is 0.920. The fraction of sp³-hybridized carbons (Fsp3) is 1.00. The first-order chi connectivity index (χ1) is 2.41. The Balaban J connectivity index is -0.0000000267. The van der Waals surface area contributed by atoms with E-state index in [0.29, 0.717) is 6.61 Å². The molecule has 0 aliphatic heterocycles. The van der Waals surface area contributed by atoms with Crippen molar-refractivity contribution >= 4 is 0 Å². The minimum Gasteiger partial charge on any atom is -1.00 e. The smallest absolute Gasteiger partial charge is 1.00 e. The van der Waals surface area contributed by atoms with E-state index in [2.05, 4.69) is 6.92 Å². The van der Waals surface area contributed by atoms with Gasteiger partial charge in [0, 0.05) is 6.61 Å². The molecule has 0 aliphatic carbocycles. The molecule has 0 fully saturated rings. The van der Waals surface area contributed by atoms with Crippen molar-refractivity contribution < 1.29 is 41.6 Å². The quantitative estimate of drug-likeness (QED) is 0.386. The first-order valence-corrected chi connectivity index (χ1v) is 2.02. The summed E-state index contributed by atoms with van der Waals surface area (Å²) >= 11 is 0. The number of aliphatic hydroxyl groups excluding tert-OH is 1. The Labute approximate surface area is 68.0 Å². The normalized spacial score (nSPS) is 6.00. The van der Waals surface area contributed by atoms with E-state index in [0.717, 1.165) is 12.8 Å². The van der Waals surface area contributed by atoms with Crippen LogP contribution in [0.25, 0.3) is 0 Å². The molecule has 3 heteroatoms. The summed E-state index contributed by atoms with van der Waals surface area (Å²) in [4.78, 5) is 0. The van der Waals surface area contributed by atoms with Crippen molar-refractivity contribution in [2.45, 2.75) is 19.8 Å². The van der Waals surface area contributed by atoms with Crippen LogP contribution in [0.15, 0.2) is 0 Å². The summed E-state index contributed by atoms with van der Waals surface area (Å²) in [5, 5.41) is 8.07. The van der Waals surface area contributed by atoms with Gasteiger partial charge in [0.15, 0.2) is 0 Å². The maximum Gasteiger partial charge on any atom is 1.00 e. The number of unbranched alkanes of at least 4 members (excludes halogenated alkanes) is 1. The third-order valence-electron chi connectivity index (χ3n) is 0.512. The van der Waals surface area contributed by atoms with Gasteiger partial charge in [0.1, 0.15) is 0 Å². The Morgan fingerprint density at radius 2 is 2.00 bits per heavy atom. The van der Waals surface area contributed by atoms with E-state index in [9.17, 15) is 0 Å². The molecule has 0 rings (SSSR count). The Morgan fingerprint density at radius 3 is 2.00 bits per heavy atom. The minimum absolute atomic E-state index is 0. The Kier molecular flexibility index (Phi) is 35.3. The summed E-state index contributed by atoms with van der Waals surface area (Å²) in [6, 6.07) is 0. The van der Waals surface area contributed by atoms with Crippen LogP contribution < -0.4 is 29.6 Å². The SMILES string of the molecule is CCCCO.O.[H-].[Na+]. The second-order valence-corrected chi connectivity index (χ2v) is 1.08. The fourth-order valence-corrected chi connectivity index (χ4v) is 0.158. The van der Waals surface area contributed by atoms with E-state index in [1.165, 1.54) is 0 Å². The van der Waals surface area contributed by atoms with Gasteiger partial charge >= 0.3 is 29.6 Å². The number of rotatable bonds is 2. The van der Waals surface area contributed by atoms with Crippen LogP contribution >= 0.6 is 0 Å². The molecule has 42 valence electrons. The van der Waals surface area contributed by atoms with Gasteiger partial charge in [-0.3, -0.25) is 0 Å². The zero-order chi connectivity index (χ0) is 4.12. The molecule has 0 saturated carbocycles. The largest absolute Gasteiger partial charge is 1.00 e. The number of aliphatic hydroxyl groups is 1. The van der Waals surface area contributed by atoms with Gasteiger partial charge in [-0.15, -0.1) is 0 Å². The molecular formula is C4H13NaO2. The summed E-state index contributed by atoms with van der Waals surface area (Å²) in [5.74, 6) is 0. The van der Waals surface area contributed by atoms with Crippen LogP contribution in [0.2, 0.25) is 0 Å². The molecule has 0 saturated heterocycles. The molecule has 0 radical (unpaired) electrons. The second kappa shape index (κ2) is 15.8. The van der Waals surface area contributed by atoms with Gasteiger partial charge in [0.25, 0.3) is 0 Å². The van der Waals surface area contributed by atoms with Crippen molar-refractivity contribution in [3.05, 3.63) is 0 Å². The van der Waals surface area contributed by atoms with Crippen LogP contribution in [0, 0.1) is 0 Å². The first kappa shape index (κ1) is 15.7. The molecule has 0 atom stereocenters. The zero-order valence-corrected chi connectivity index (χ0v) is 7.07. The second-order valence-electron chi connectivity index (χ2n) is 1.08. The van der Waals surface area contributed by atoms with Gasteiger partial charge in [0.05, 0.1) is 0 Å². The molecule has 0 spiro atoms. The minimum atomic E-state index is 0. The molecule has 0 aromatic carbocycles. The monoisotopic (exact) mass is 116 g/mol. The molecule has 2 nitrogen and oxygen atoms in total. The Bertz CT molecular complexity index is 21.5. The van der Waals surface area contributed by atoms with Crippen molar-refractivity contribution in [3.8, 4) is 0 Å².